The summed E-state index contributed by atoms with van der Waals surface area (Å²) in [4.78, 5) is 16.9. The zero-order chi connectivity index (χ0) is 14.4. The van der Waals surface area contributed by atoms with Crippen molar-refractivity contribution in [1.29, 1.82) is 0 Å². The Bertz CT molecular complexity index is 557. The van der Waals surface area contributed by atoms with E-state index in [0.29, 0.717) is 6.61 Å². The predicted octanol–water partition coefficient (Wildman–Crippen LogP) is 2.87. The van der Waals surface area contributed by atoms with Gasteiger partial charge < -0.3 is 14.8 Å². The molecule has 0 aliphatic carbocycles. The zero-order valence-electron chi connectivity index (χ0n) is 11.3. The Balaban J connectivity index is 2.21. The molecule has 0 saturated carbocycles. The van der Waals surface area contributed by atoms with E-state index in [9.17, 15) is 4.79 Å². The Morgan fingerprint density at radius 3 is 3.00 bits per heavy atom. The number of thiazole rings is 1. The molecule has 0 radical (unpaired) electrons. The molecule has 1 aromatic heterocycles. The Kier molecular flexibility index (Phi) is 4.95. The number of hydrogen-bond acceptors (Lipinski definition) is 6. The third kappa shape index (κ3) is 3.48. The molecule has 106 valence electrons. The van der Waals surface area contributed by atoms with Gasteiger partial charge in [0.05, 0.1) is 24.1 Å². The first-order chi connectivity index (χ1) is 9.74. The molecule has 0 saturated heterocycles. The van der Waals surface area contributed by atoms with Crippen molar-refractivity contribution < 1.29 is 14.3 Å². The normalized spacial score (nSPS) is 11.7. The van der Waals surface area contributed by atoms with E-state index in [2.05, 4.69) is 10.3 Å². The van der Waals surface area contributed by atoms with Gasteiger partial charge in [-0.25, -0.2) is 4.79 Å². The van der Waals surface area contributed by atoms with E-state index in [-0.39, 0.29) is 5.97 Å². The second-order valence-electron chi connectivity index (χ2n) is 3.97. The Hall–Kier alpha value is -2.08. The summed E-state index contributed by atoms with van der Waals surface area (Å²) in [5, 5.41) is 3.16. The van der Waals surface area contributed by atoms with E-state index in [1.165, 1.54) is 11.3 Å². The summed E-state index contributed by atoms with van der Waals surface area (Å²) in [6.07, 6.45) is 1.67. The van der Waals surface area contributed by atoms with Gasteiger partial charge in [-0.05, 0) is 19.1 Å². The maximum Gasteiger partial charge on any atom is 0.334 e. The van der Waals surface area contributed by atoms with Crippen LogP contribution in [0.25, 0.3) is 0 Å². The fourth-order valence-electron chi connectivity index (χ4n) is 1.72. The van der Waals surface area contributed by atoms with Crippen LogP contribution in [-0.4, -0.2) is 24.7 Å². The van der Waals surface area contributed by atoms with Gasteiger partial charge >= 0.3 is 5.97 Å². The van der Waals surface area contributed by atoms with E-state index >= 15 is 0 Å². The lowest BCUT2D eigenvalue weighted by Crippen LogP contribution is -2.22. The average molecular weight is 292 g/mol. The number of carbonyl (C=O) groups is 1. The van der Waals surface area contributed by atoms with Crippen LogP contribution < -0.4 is 10.1 Å². The molecule has 5 nitrogen and oxygen atoms in total. The van der Waals surface area contributed by atoms with Crippen molar-refractivity contribution in [3.8, 4) is 5.75 Å². The minimum Gasteiger partial charge on any atom is -0.497 e. The van der Waals surface area contributed by atoms with Crippen molar-refractivity contribution in [2.75, 3.05) is 19.0 Å². The molecule has 2 aromatic rings. The van der Waals surface area contributed by atoms with Crippen LogP contribution in [-0.2, 0) is 9.53 Å². The summed E-state index contributed by atoms with van der Waals surface area (Å²) >= 11 is 1.41. The number of esters is 1. The van der Waals surface area contributed by atoms with Crippen LogP contribution in [0.5, 0.6) is 5.75 Å². The fraction of sp³-hybridized carbons (Fsp3) is 0.286. The maximum absolute atomic E-state index is 12.1. The summed E-state index contributed by atoms with van der Waals surface area (Å²) in [5.41, 5.74) is 2.48. The smallest absolute Gasteiger partial charge is 0.334 e. The number of ether oxygens (including phenoxy) is 2. The topological polar surface area (TPSA) is 60.5 Å². The second-order valence-corrected chi connectivity index (χ2v) is 4.88. The van der Waals surface area contributed by atoms with E-state index in [4.69, 9.17) is 9.47 Å². The summed E-state index contributed by atoms with van der Waals surface area (Å²) in [6, 6.07) is 6.84. The highest BCUT2D eigenvalue weighted by Gasteiger charge is 2.23. The van der Waals surface area contributed by atoms with Crippen molar-refractivity contribution in [2.24, 2.45) is 0 Å². The average Bonchev–Trinajstić information content (AvgIpc) is 2.99. The Labute approximate surface area is 121 Å². The lowest BCUT2D eigenvalue weighted by Gasteiger charge is -2.17. The number of rotatable bonds is 6. The van der Waals surface area contributed by atoms with Crippen LogP contribution in [0.4, 0.5) is 5.69 Å². The molecule has 0 aliphatic heterocycles. The molecular weight excluding hydrogens is 276 g/mol. The third-order valence-electron chi connectivity index (χ3n) is 2.64. The van der Waals surface area contributed by atoms with Crippen LogP contribution in [0.3, 0.4) is 0 Å². The van der Waals surface area contributed by atoms with E-state index < -0.39 is 6.04 Å². The Morgan fingerprint density at radius 1 is 1.50 bits per heavy atom. The van der Waals surface area contributed by atoms with Crippen molar-refractivity contribution in [3.05, 3.63) is 40.8 Å². The van der Waals surface area contributed by atoms with Gasteiger partial charge in [0, 0.05) is 18.0 Å². The van der Waals surface area contributed by atoms with Gasteiger partial charge in [0.25, 0.3) is 0 Å². The number of hydrogen-bond donors (Lipinski definition) is 1. The Morgan fingerprint density at radius 2 is 2.35 bits per heavy atom. The van der Waals surface area contributed by atoms with Crippen LogP contribution in [0.15, 0.2) is 36.0 Å². The molecule has 1 heterocycles. The molecule has 1 N–H and O–H groups in total. The van der Waals surface area contributed by atoms with Crippen molar-refractivity contribution >= 4 is 23.0 Å². The highest BCUT2D eigenvalue weighted by atomic mass is 32.1. The molecule has 0 fully saturated rings. The first-order valence-corrected chi connectivity index (χ1v) is 7.08. The second kappa shape index (κ2) is 6.91. The lowest BCUT2D eigenvalue weighted by molar-refractivity contribution is -0.144. The third-order valence-corrected chi connectivity index (χ3v) is 3.48. The summed E-state index contributed by atoms with van der Waals surface area (Å²) in [5.74, 6) is 0.404. The molecule has 1 unspecified atom stereocenters. The number of nitrogens with one attached hydrogen (secondary N) is 1. The maximum atomic E-state index is 12.1. The van der Waals surface area contributed by atoms with Crippen LogP contribution in [0, 0.1) is 0 Å². The lowest BCUT2D eigenvalue weighted by atomic mass is 10.2. The quantitative estimate of drug-likeness (QED) is 0.830. The highest BCUT2D eigenvalue weighted by Crippen LogP contribution is 2.25. The molecule has 0 aliphatic rings. The van der Waals surface area contributed by atoms with Crippen molar-refractivity contribution in [1.82, 2.24) is 4.98 Å². The number of nitrogens with zero attached hydrogens (tertiary/aromatic N) is 1. The first-order valence-electron chi connectivity index (χ1n) is 6.20. The number of methoxy groups -OCH3 is 1. The molecule has 0 amide bonds. The van der Waals surface area contributed by atoms with Gasteiger partial charge in [-0.2, -0.15) is 0 Å². The summed E-state index contributed by atoms with van der Waals surface area (Å²) in [6.45, 7) is 2.13. The number of benzene rings is 1. The molecular formula is C14H16N2O3S. The van der Waals surface area contributed by atoms with Crippen LogP contribution in [0.1, 0.15) is 17.8 Å². The standard InChI is InChI=1S/C14H16N2O3S/c1-3-19-14(17)13(12-8-15-9-20-12)16-10-5-4-6-11(7-10)18-2/h4-9,13,16H,3H2,1-2H3. The molecule has 0 spiro atoms. The van der Waals surface area contributed by atoms with Gasteiger partial charge in [0.15, 0.2) is 6.04 Å². The minimum absolute atomic E-state index is 0.320. The predicted molar refractivity (Wildman–Crippen MR) is 78.1 cm³/mol. The summed E-state index contributed by atoms with van der Waals surface area (Å²) in [7, 11) is 1.60. The first kappa shape index (κ1) is 14.3. The fourth-order valence-corrected chi connectivity index (χ4v) is 2.38. The number of aromatic nitrogens is 1. The van der Waals surface area contributed by atoms with Gasteiger partial charge in [0.1, 0.15) is 5.75 Å². The van der Waals surface area contributed by atoms with Crippen LogP contribution in [0.2, 0.25) is 0 Å². The zero-order valence-corrected chi connectivity index (χ0v) is 12.1. The van der Waals surface area contributed by atoms with Gasteiger partial charge in [-0.15, -0.1) is 11.3 Å². The monoisotopic (exact) mass is 292 g/mol. The van der Waals surface area contributed by atoms with E-state index in [1.807, 2.05) is 24.3 Å². The largest absolute Gasteiger partial charge is 0.497 e. The molecule has 6 heteroatoms. The number of anilines is 1. The number of carbonyl (C=O) groups excluding carboxylic acids is 1. The van der Waals surface area contributed by atoms with Crippen LogP contribution >= 0.6 is 11.3 Å². The van der Waals surface area contributed by atoms with Gasteiger partial charge in [-0.1, -0.05) is 6.07 Å². The minimum atomic E-state index is -0.561. The van der Waals surface area contributed by atoms with Gasteiger partial charge in [0.2, 0.25) is 0 Å². The SMILES string of the molecule is CCOC(=O)C(Nc1cccc(OC)c1)c1cncs1. The molecule has 1 aromatic carbocycles. The highest BCUT2D eigenvalue weighted by molar-refractivity contribution is 7.09. The van der Waals surface area contributed by atoms with Crippen molar-refractivity contribution in [3.63, 3.8) is 0 Å². The summed E-state index contributed by atoms with van der Waals surface area (Å²) < 4.78 is 10.3. The molecule has 20 heavy (non-hydrogen) atoms. The molecule has 0 bridgehead atoms. The molecule has 2 rings (SSSR count). The van der Waals surface area contributed by atoms with Crippen molar-refractivity contribution in [2.45, 2.75) is 13.0 Å². The molecule has 1 atom stereocenters. The van der Waals surface area contributed by atoms with E-state index in [1.54, 1.807) is 25.7 Å². The van der Waals surface area contributed by atoms with E-state index in [0.717, 1.165) is 16.3 Å². The van der Waals surface area contributed by atoms with Gasteiger partial charge in [-0.3, -0.25) is 4.98 Å².